The molecule has 2 heteroatoms. The summed E-state index contributed by atoms with van der Waals surface area (Å²) >= 11 is 0. The number of rotatable bonds is 5. The van der Waals surface area contributed by atoms with E-state index in [1.165, 1.54) is 12.0 Å². The van der Waals surface area contributed by atoms with E-state index in [1.807, 2.05) is 24.5 Å². The molecule has 0 spiro atoms. The van der Waals surface area contributed by atoms with Crippen molar-refractivity contribution in [1.82, 2.24) is 10.3 Å². The third-order valence-corrected chi connectivity index (χ3v) is 1.98. The molecule has 1 aromatic rings. The van der Waals surface area contributed by atoms with Crippen molar-refractivity contribution < 1.29 is 0 Å². The summed E-state index contributed by atoms with van der Waals surface area (Å²) in [6.07, 6.45) is 4.91. The molecule has 1 rings (SSSR count). The lowest BCUT2D eigenvalue weighted by molar-refractivity contribution is 0.537. The molecule has 0 radical (unpaired) electrons. The summed E-state index contributed by atoms with van der Waals surface area (Å²) in [7, 11) is 0. The lowest BCUT2D eigenvalue weighted by Crippen LogP contribution is -2.16. The van der Waals surface area contributed by atoms with Gasteiger partial charge in [0.25, 0.3) is 0 Å². The van der Waals surface area contributed by atoms with Crippen molar-refractivity contribution in [1.29, 1.82) is 0 Å². The molecule has 13 heavy (non-hydrogen) atoms. The minimum Gasteiger partial charge on any atom is -0.313 e. The van der Waals surface area contributed by atoms with Gasteiger partial charge < -0.3 is 5.32 Å². The van der Waals surface area contributed by atoms with Crippen LogP contribution < -0.4 is 5.32 Å². The summed E-state index contributed by atoms with van der Waals surface area (Å²) in [5.41, 5.74) is 1.30. The Morgan fingerprint density at radius 1 is 1.31 bits per heavy atom. The fraction of sp³-hybridized carbons (Fsp3) is 0.545. The van der Waals surface area contributed by atoms with Gasteiger partial charge in [0, 0.05) is 18.9 Å². The molecule has 0 saturated carbocycles. The molecule has 0 atom stereocenters. The van der Waals surface area contributed by atoms with E-state index in [9.17, 15) is 0 Å². The van der Waals surface area contributed by atoms with Gasteiger partial charge in [0.1, 0.15) is 0 Å². The van der Waals surface area contributed by atoms with Gasteiger partial charge in [-0.25, -0.2) is 0 Å². The van der Waals surface area contributed by atoms with Crippen molar-refractivity contribution in [2.75, 3.05) is 6.54 Å². The summed E-state index contributed by atoms with van der Waals surface area (Å²) in [6, 6.07) is 4.09. The molecule has 0 bridgehead atoms. The van der Waals surface area contributed by atoms with E-state index >= 15 is 0 Å². The van der Waals surface area contributed by atoms with Crippen molar-refractivity contribution >= 4 is 0 Å². The summed E-state index contributed by atoms with van der Waals surface area (Å²) in [4.78, 5) is 3.97. The summed E-state index contributed by atoms with van der Waals surface area (Å²) in [5, 5.41) is 3.41. The van der Waals surface area contributed by atoms with Gasteiger partial charge in [0.05, 0.1) is 0 Å². The molecule has 0 amide bonds. The first-order chi connectivity index (χ1) is 6.29. The summed E-state index contributed by atoms with van der Waals surface area (Å²) in [5.74, 6) is 0.782. The van der Waals surface area contributed by atoms with E-state index in [-0.39, 0.29) is 0 Å². The van der Waals surface area contributed by atoms with Gasteiger partial charge in [-0.15, -0.1) is 0 Å². The largest absolute Gasteiger partial charge is 0.313 e. The van der Waals surface area contributed by atoms with Crippen LogP contribution in [-0.4, -0.2) is 11.5 Å². The Labute approximate surface area is 80.4 Å². The van der Waals surface area contributed by atoms with Gasteiger partial charge in [-0.1, -0.05) is 13.8 Å². The Hall–Kier alpha value is -0.890. The highest BCUT2D eigenvalue weighted by atomic mass is 14.8. The zero-order valence-electron chi connectivity index (χ0n) is 8.46. The Bertz CT molecular complexity index is 219. The van der Waals surface area contributed by atoms with E-state index in [2.05, 4.69) is 24.1 Å². The Morgan fingerprint density at radius 3 is 2.62 bits per heavy atom. The standard InChI is InChI=1S/C11H18N2/c1-10(2)3-6-13-9-11-4-7-12-8-5-11/h4-5,7-8,10,13H,3,6,9H2,1-2H3. The van der Waals surface area contributed by atoms with Crippen molar-refractivity contribution in [3.05, 3.63) is 30.1 Å². The zero-order chi connectivity index (χ0) is 9.52. The maximum absolute atomic E-state index is 3.97. The molecule has 0 fully saturated rings. The smallest absolute Gasteiger partial charge is 0.0271 e. The molecule has 0 saturated heterocycles. The molecule has 72 valence electrons. The van der Waals surface area contributed by atoms with Crippen molar-refractivity contribution in [2.45, 2.75) is 26.8 Å². The highest BCUT2D eigenvalue weighted by Crippen LogP contribution is 1.98. The van der Waals surface area contributed by atoms with Crippen LogP contribution >= 0.6 is 0 Å². The SMILES string of the molecule is CC(C)CCNCc1ccncc1. The maximum atomic E-state index is 3.97. The molecule has 0 aliphatic carbocycles. The third kappa shape index (κ3) is 4.63. The van der Waals surface area contributed by atoms with Crippen LogP contribution in [0.25, 0.3) is 0 Å². The molecule has 0 unspecified atom stereocenters. The van der Waals surface area contributed by atoms with Crippen LogP contribution in [0.3, 0.4) is 0 Å². The van der Waals surface area contributed by atoms with E-state index < -0.39 is 0 Å². The molecular formula is C11H18N2. The fourth-order valence-electron chi connectivity index (χ4n) is 1.12. The van der Waals surface area contributed by atoms with Crippen LogP contribution in [-0.2, 0) is 6.54 Å². The van der Waals surface area contributed by atoms with Gasteiger partial charge in [0.2, 0.25) is 0 Å². The second-order valence-corrected chi connectivity index (χ2v) is 3.71. The molecule has 0 aromatic carbocycles. The average molecular weight is 178 g/mol. The van der Waals surface area contributed by atoms with Crippen LogP contribution in [0.1, 0.15) is 25.8 Å². The Balaban J connectivity index is 2.13. The summed E-state index contributed by atoms with van der Waals surface area (Å²) < 4.78 is 0. The Kier molecular flexibility index (Phi) is 4.47. The van der Waals surface area contributed by atoms with Crippen LogP contribution in [0.4, 0.5) is 0 Å². The molecular weight excluding hydrogens is 160 g/mol. The number of nitrogens with zero attached hydrogens (tertiary/aromatic N) is 1. The zero-order valence-corrected chi connectivity index (χ0v) is 8.46. The van der Waals surface area contributed by atoms with Gasteiger partial charge in [-0.2, -0.15) is 0 Å². The monoisotopic (exact) mass is 178 g/mol. The van der Waals surface area contributed by atoms with Gasteiger partial charge in [-0.3, -0.25) is 4.98 Å². The van der Waals surface area contributed by atoms with E-state index in [0.717, 1.165) is 19.0 Å². The van der Waals surface area contributed by atoms with Crippen molar-refractivity contribution in [2.24, 2.45) is 5.92 Å². The number of hydrogen-bond acceptors (Lipinski definition) is 2. The molecule has 1 heterocycles. The second-order valence-electron chi connectivity index (χ2n) is 3.71. The van der Waals surface area contributed by atoms with Crippen LogP contribution in [0, 0.1) is 5.92 Å². The fourth-order valence-corrected chi connectivity index (χ4v) is 1.12. The van der Waals surface area contributed by atoms with Crippen molar-refractivity contribution in [3.8, 4) is 0 Å². The van der Waals surface area contributed by atoms with Gasteiger partial charge in [0.15, 0.2) is 0 Å². The molecule has 2 nitrogen and oxygen atoms in total. The minimum absolute atomic E-state index is 0.782. The summed E-state index contributed by atoms with van der Waals surface area (Å²) in [6.45, 7) is 6.54. The highest BCUT2D eigenvalue weighted by Gasteiger charge is 1.93. The number of pyridine rings is 1. The topological polar surface area (TPSA) is 24.9 Å². The Morgan fingerprint density at radius 2 is 2.00 bits per heavy atom. The van der Waals surface area contributed by atoms with E-state index in [0.29, 0.717) is 0 Å². The lowest BCUT2D eigenvalue weighted by Gasteiger charge is -2.06. The van der Waals surface area contributed by atoms with Gasteiger partial charge in [-0.05, 0) is 36.6 Å². The first-order valence-electron chi connectivity index (χ1n) is 4.88. The quantitative estimate of drug-likeness (QED) is 0.699. The first kappa shape index (κ1) is 10.2. The maximum Gasteiger partial charge on any atom is 0.0271 e. The molecule has 0 aliphatic rings. The second kappa shape index (κ2) is 5.70. The van der Waals surface area contributed by atoms with E-state index in [4.69, 9.17) is 0 Å². The molecule has 1 aromatic heterocycles. The first-order valence-corrected chi connectivity index (χ1v) is 4.88. The minimum atomic E-state index is 0.782. The number of hydrogen-bond donors (Lipinski definition) is 1. The van der Waals surface area contributed by atoms with Gasteiger partial charge >= 0.3 is 0 Å². The van der Waals surface area contributed by atoms with E-state index in [1.54, 1.807) is 0 Å². The predicted molar refractivity (Wildman–Crippen MR) is 55.4 cm³/mol. The number of nitrogens with one attached hydrogen (secondary N) is 1. The van der Waals surface area contributed by atoms with Crippen LogP contribution in [0.2, 0.25) is 0 Å². The number of aromatic nitrogens is 1. The highest BCUT2D eigenvalue weighted by molar-refractivity contribution is 5.08. The lowest BCUT2D eigenvalue weighted by atomic mass is 10.1. The normalized spacial score (nSPS) is 10.7. The van der Waals surface area contributed by atoms with Crippen LogP contribution in [0.15, 0.2) is 24.5 Å². The average Bonchev–Trinajstić information content (AvgIpc) is 2.14. The van der Waals surface area contributed by atoms with Crippen LogP contribution in [0.5, 0.6) is 0 Å². The third-order valence-electron chi connectivity index (χ3n) is 1.98. The molecule has 1 N–H and O–H groups in total. The van der Waals surface area contributed by atoms with Crippen molar-refractivity contribution in [3.63, 3.8) is 0 Å². The molecule has 0 aliphatic heterocycles. The predicted octanol–water partition coefficient (Wildman–Crippen LogP) is 2.22.